The highest BCUT2D eigenvalue weighted by atomic mass is 16.5. The van der Waals surface area contributed by atoms with Crippen molar-refractivity contribution in [3.8, 4) is 16.9 Å². The molecular formula is C23H26O. The van der Waals surface area contributed by atoms with Crippen LogP contribution in [0.25, 0.3) is 11.1 Å². The maximum absolute atomic E-state index is 6.00. The molecule has 0 saturated carbocycles. The van der Waals surface area contributed by atoms with E-state index in [4.69, 9.17) is 4.74 Å². The molecule has 1 aliphatic rings. The van der Waals surface area contributed by atoms with Crippen molar-refractivity contribution in [3.63, 3.8) is 0 Å². The first-order chi connectivity index (χ1) is 11.4. The van der Waals surface area contributed by atoms with Gasteiger partial charge in [-0.2, -0.15) is 0 Å². The van der Waals surface area contributed by atoms with Crippen LogP contribution in [0.15, 0.2) is 71.8 Å². The summed E-state index contributed by atoms with van der Waals surface area (Å²) in [6.45, 7) is 9.49. The lowest BCUT2D eigenvalue weighted by molar-refractivity contribution is 0.330. The van der Waals surface area contributed by atoms with Gasteiger partial charge in [0.15, 0.2) is 0 Å². The zero-order chi connectivity index (χ0) is 17.2. The van der Waals surface area contributed by atoms with Gasteiger partial charge in [-0.25, -0.2) is 0 Å². The minimum Gasteiger partial charge on any atom is -0.489 e. The standard InChI is InChI=1S/C23H26O/c1-17-5-7-20(8-6-17)21-9-11-22(12-10-21)24-16-19-13-18(2)14-23(3,4)15-19/h5-14H,15-16H2,1-4H3. The molecule has 124 valence electrons. The van der Waals surface area contributed by atoms with Crippen LogP contribution < -0.4 is 4.74 Å². The Kier molecular flexibility index (Phi) is 4.62. The van der Waals surface area contributed by atoms with Crippen molar-refractivity contribution in [1.82, 2.24) is 0 Å². The van der Waals surface area contributed by atoms with Crippen molar-refractivity contribution >= 4 is 0 Å². The highest BCUT2D eigenvalue weighted by molar-refractivity contribution is 5.64. The summed E-state index contributed by atoms with van der Waals surface area (Å²) in [5.41, 5.74) is 6.67. The van der Waals surface area contributed by atoms with Crippen LogP contribution in [-0.2, 0) is 0 Å². The molecule has 0 saturated heterocycles. The number of ether oxygens (including phenoxy) is 1. The van der Waals surface area contributed by atoms with Crippen molar-refractivity contribution in [2.45, 2.75) is 34.1 Å². The maximum atomic E-state index is 6.00. The van der Waals surface area contributed by atoms with E-state index in [1.807, 2.05) is 0 Å². The second-order valence-electron chi connectivity index (χ2n) is 7.54. The molecule has 0 heterocycles. The molecule has 0 aromatic heterocycles. The van der Waals surface area contributed by atoms with Crippen LogP contribution in [0, 0.1) is 12.3 Å². The molecule has 0 spiro atoms. The third kappa shape index (κ3) is 4.17. The summed E-state index contributed by atoms with van der Waals surface area (Å²) >= 11 is 0. The SMILES string of the molecule is CC1=CC(C)(C)CC(COc2ccc(-c3ccc(C)cc3)cc2)=C1. The monoisotopic (exact) mass is 318 g/mol. The van der Waals surface area contributed by atoms with Gasteiger partial charge in [0, 0.05) is 0 Å². The predicted octanol–water partition coefficient (Wildman–Crippen LogP) is 6.34. The third-order valence-electron chi connectivity index (χ3n) is 4.40. The molecule has 2 aromatic rings. The van der Waals surface area contributed by atoms with E-state index in [-0.39, 0.29) is 5.41 Å². The first-order valence-corrected chi connectivity index (χ1v) is 8.60. The minimum absolute atomic E-state index is 0.229. The fourth-order valence-electron chi connectivity index (χ4n) is 3.43. The average Bonchev–Trinajstić information content (AvgIpc) is 2.52. The van der Waals surface area contributed by atoms with E-state index in [1.165, 1.54) is 27.8 Å². The summed E-state index contributed by atoms with van der Waals surface area (Å²) in [5.74, 6) is 0.928. The summed E-state index contributed by atoms with van der Waals surface area (Å²) in [6, 6.07) is 17.0. The molecule has 2 aromatic carbocycles. The minimum atomic E-state index is 0.229. The van der Waals surface area contributed by atoms with Gasteiger partial charge in [0.25, 0.3) is 0 Å². The Morgan fingerprint density at radius 1 is 0.875 bits per heavy atom. The van der Waals surface area contributed by atoms with Crippen molar-refractivity contribution < 1.29 is 4.74 Å². The van der Waals surface area contributed by atoms with Crippen LogP contribution in [0.5, 0.6) is 5.75 Å². The first-order valence-electron chi connectivity index (χ1n) is 8.60. The van der Waals surface area contributed by atoms with Gasteiger partial charge < -0.3 is 4.74 Å². The van der Waals surface area contributed by atoms with E-state index in [0.29, 0.717) is 6.61 Å². The average molecular weight is 318 g/mol. The lowest BCUT2D eigenvalue weighted by atomic mass is 9.80. The zero-order valence-electron chi connectivity index (χ0n) is 15.1. The highest BCUT2D eigenvalue weighted by Gasteiger charge is 2.21. The summed E-state index contributed by atoms with van der Waals surface area (Å²) in [6.07, 6.45) is 5.66. The molecule has 24 heavy (non-hydrogen) atoms. The Hall–Kier alpha value is -2.28. The van der Waals surface area contributed by atoms with Gasteiger partial charge in [-0.15, -0.1) is 0 Å². The van der Waals surface area contributed by atoms with E-state index in [2.05, 4.69) is 88.4 Å². The van der Waals surface area contributed by atoms with Crippen molar-refractivity contribution in [2.24, 2.45) is 5.41 Å². The Bertz CT molecular complexity index is 759. The number of allylic oxidation sites excluding steroid dienone is 3. The smallest absolute Gasteiger partial charge is 0.119 e. The zero-order valence-corrected chi connectivity index (χ0v) is 15.1. The fraction of sp³-hybridized carbons (Fsp3) is 0.304. The highest BCUT2D eigenvalue weighted by Crippen LogP contribution is 2.33. The Morgan fingerprint density at radius 3 is 2.04 bits per heavy atom. The number of benzene rings is 2. The topological polar surface area (TPSA) is 9.23 Å². The molecule has 0 fully saturated rings. The molecule has 0 bridgehead atoms. The molecule has 0 radical (unpaired) electrons. The Labute approximate surface area is 145 Å². The van der Waals surface area contributed by atoms with Gasteiger partial charge in [0.05, 0.1) is 0 Å². The quantitative estimate of drug-likeness (QED) is 0.639. The van der Waals surface area contributed by atoms with Gasteiger partial charge in [0.2, 0.25) is 0 Å². The summed E-state index contributed by atoms with van der Waals surface area (Å²) in [4.78, 5) is 0. The van der Waals surface area contributed by atoms with Crippen molar-refractivity contribution in [1.29, 1.82) is 0 Å². The second-order valence-corrected chi connectivity index (χ2v) is 7.54. The predicted molar refractivity (Wildman–Crippen MR) is 102 cm³/mol. The van der Waals surface area contributed by atoms with Crippen LogP contribution in [-0.4, -0.2) is 6.61 Å². The summed E-state index contributed by atoms with van der Waals surface area (Å²) in [5, 5.41) is 0. The van der Waals surface area contributed by atoms with E-state index in [0.717, 1.165) is 12.2 Å². The molecule has 0 N–H and O–H groups in total. The summed E-state index contributed by atoms with van der Waals surface area (Å²) < 4.78 is 6.00. The molecule has 1 heteroatoms. The number of hydrogen-bond donors (Lipinski definition) is 0. The van der Waals surface area contributed by atoms with Crippen LogP contribution >= 0.6 is 0 Å². The van der Waals surface area contributed by atoms with Gasteiger partial charge in [-0.1, -0.05) is 73.5 Å². The number of hydrogen-bond acceptors (Lipinski definition) is 1. The molecule has 1 nitrogen and oxygen atoms in total. The third-order valence-corrected chi connectivity index (χ3v) is 4.40. The number of rotatable bonds is 4. The van der Waals surface area contributed by atoms with Crippen molar-refractivity contribution in [3.05, 3.63) is 77.4 Å². The van der Waals surface area contributed by atoms with Crippen LogP contribution in [0.1, 0.15) is 32.8 Å². The van der Waals surface area contributed by atoms with Crippen LogP contribution in [0.2, 0.25) is 0 Å². The largest absolute Gasteiger partial charge is 0.489 e. The Morgan fingerprint density at radius 2 is 1.46 bits per heavy atom. The first kappa shape index (κ1) is 16.6. The molecule has 0 aliphatic heterocycles. The van der Waals surface area contributed by atoms with E-state index >= 15 is 0 Å². The fourth-order valence-corrected chi connectivity index (χ4v) is 3.43. The Balaban J connectivity index is 1.65. The summed E-state index contributed by atoms with van der Waals surface area (Å²) in [7, 11) is 0. The van der Waals surface area contributed by atoms with Crippen LogP contribution in [0.3, 0.4) is 0 Å². The van der Waals surface area contributed by atoms with Gasteiger partial charge in [-0.3, -0.25) is 0 Å². The second kappa shape index (κ2) is 6.68. The normalized spacial score (nSPS) is 16.3. The maximum Gasteiger partial charge on any atom is 0.119 e. The van der Waals surface area contributed by atoms with E-state index in [1.54, 1.807) is 0 Å². The molecule has 0 atom stereocenters. The molecule has 0 amide bonds. The molecule has 0 unspecified atom stereocenters. The van der Waals surface area contributed by atoms with E-state index in [9.17, 15) is 0 Å². The molecule has 1 aliphatic carbocycles. The van der Waals surface area contributed by atoms with Gasteiger partial charge in [-0.05, 0) is 54.5 Å². The van der Waals surface area contributed by atoms with Crippen LogP contribution in [0.4, 0.5) is 0 Å². The van der Waals surface area contributed by atoms with Gasteiger partial charge >= 0.3 is 0 Å². The van der Waals surface area contributed by atoms with E-state index < -0.39 is 0 Å². The van der Waals surface area contributed by atoms with Crippen molar-refractivity contribution in [2.75, 3.05) is 6.61 Å². The molecular weight excluding hydrogens is 292 g/mol. The lowest BCUT2D eigenvalue weighted by Crippen LogP contribution is -2.16. The molecule has 3 rings (SSSR count). The lowest BCUT2D eigenvalue weighted by Gasteiger charge is -2.27. The van der Waals surface area contributed by atoms with Gasteiger partial charge in [0.1, 0.15) is 12.4 Å². The number of aryl methyl sites for hydroxylation is 1.